The highest BCUT2D eigenvalue weighted by Crippen LogP contribution is 2.24. The molecule has 1 aliphatic rings. The Morgan fingerprint density at radius 3 is 3.00 bits per heavy atom. The lowest BCUT2D eigenvalue weighted by Gasteiger charge is -2.24. The summed E-state index contributed by atoms with van der Waals surface area (Å²) >= 11 is 0. The van der Waals surface area contributed by atoms with Crippen LogP contribution in [0, 0.1) is 0 Å². The molecule has 0 spiro atoms. The summed E-state index contributed by atoms with van der Waals surface area (Å²) in [4.78, 5) is 14.0. The van der Waals surface area contributed by atoms with Crippen molar-refractivity contribution in [3.05, 3.63) is 23.8 Å². The number of benzene rings is 1. The number of anilines is 2. The molecule has 1 aliphatic heterocycles. The number of rotatable bonds is 2. The van der Waals surface area contributed by atoms with Gasteiger partial charge in [-0.3, -0.25) is 4.79 Å². The lowest BCUT2D eigenvalue weighted by Crippen LogP contribution is -2.29. The Balaban J connectivity index is 2.33. The van der Waals surface area contributed by atoms with Gasteiger partial charge in [0.1, 0.15) is 0 Å². The van der Waals surface area contributed by atoms with Crippen LogP contribution in [0.15, 0.2) is 18.2 Å². The minimum atomic E-state index is -0.0878. The lowest BCUT2D eigenvalue weighted by atomic mass is 10.1. The Hall–Kier alpha value is -1.75. The van der Waals surface area contributed by atoms with E-state index in [0.29, 0.717) is 17.9 Å². The zero-order valence-electron chi connectivity index (χ0n) is 10.6. The maximum atomic E-state index is 11.9. The predicted octanol–water partition coefficient (Wildman–Crippen LogP) is 0.855. The number of ether oxygens (including phenoxy) is 1. The van der Waals surface area contributed by atoms with Crippen LogP contribution < -0.4 is 16.0 Å². The van der Waals surface area contributed by atoms with Crippen LogP contribution in [-0.2, 0) is 4.74 Å². The Labute approximate surface area is 107 Å². The van der Waals surface area contributed by atoms with Crippen molar-refractivity contribution in [2.75, 3.05) is 44.0 Å². The van der Waals surface area contributed by atoms with Crippen molar-refractivity contribution in [2.24, 2.45) is 0 Å². The van der Waals surface area contributed by atoms with E-state index in [-0.39, 0.29) is 5.91 Å². The second kappa shape index (κ2) is 5.73. The summed E-state index contributed by atoms with van der Waals surface area (Å²) in [6, 6.07) is 5.38. The summed E-state index contributed by atoms with van der Waals surface area (Å²) in [6.45, 7) is 3.12. The molecular weight excluding hydrogens is 230 g/mol. The maximum Gasteiger partial charge on any atom is 0.253 e. The predicted molar refractivity (Wildman–Crippen MR) is 71.9 cm³/mol. The molecule has 0 aliphatic carbocycles. The highest BCUT2D eigenvalue weighted by atomic mass is 16.5. The molecule has 2 rings (SSSR count). The Bertz CT molecular complexity index is 426. The first-order chi connectivity index (χ1) is 8.72. The fourth-order valence-electron chi connectivity index (χ4n) is 2.12. The number of nitrogen functional groups attached to an aromatic ring is 1. The molecule has 1 heterocycles. The molecule has 98 valence electrons. The average molecular weight is 249 g/mol. The van der Waals surface area contributed by atoms with E-state index in [1.807, 2.05) is 6.07 Å². The fraction of sp³-hybridized carbons (Fsp3) is 0.462. The zero-order valence-corrected chi connectivity index (χ0v) is 10.6. The molecule has 1 saturated heterocycles. The number of nitrogens with one attached hydrogen (secondary N) is 1. The molecule has 5 nitrogen and oxygen atoms in total. The number of amides is 1. The maximum absolute atomic E-state index is 11.9. The highest BCUT2D eigenvalue weighted by Gasteiger charge is 2.17. The third-order valence-corrected chi connectivity index (χ3v) is 3.06. The van der Waals surface area contributed by atoms with Crippen LogP contribution in [0.3, 0.4) is 0 Å². The van der Waals surface area contributed by atoms with Gasteiger partial charge in [-0.2, -0.15) is 0 Å². The van der Waals surface area contributed by atoms with Crippen molar-refractivity contribution in [3.8, 4) is 0 Å². The molecule has 0 unspecified atom stereocenters. The van der Waals surface area contributed by atoms with E-state index in [1.165, 1.54) is 0 Å². The van der Waals surface area contributed by atoms with Gasteiger partial charge in [0.05, 0.1) is 17.9 Å². The van der Waals surface area contributed by atoms with Crippen molar-refractivity contribution in [3.63, 3.8) is 0 Å². The molecular formula is C13H19N3O2. The van der Waals surface area contributed by atoms with Crippen molar-refractivity contribution in [1.29, 1.82) is 0 Å². The summed E-state index contributed by atoms with van der Waals surface area (Å²) in [5.41, 5.74) is 8.04. The van der Waals surface area contributed by atoms with Gasteiger partial charge in [-0.05, 0) is 24.6 Å². The van der Waals surface area contributed by atoms with Gasteiger partial charge in [0, 0.05) is 32.4 Å². The topological polar surface area (TPSA) is 67.6 Å². The summed E-state index contributed by atoms with van der Waals surface area (Å²) in [7, 11) is 1.63. The standard InChI is InChI=1S/C13H19N3O2/c1-15-13(17)11-4-3-10(14)9-12(11)16-5-2-7-18-8-6-16/h3-4,9H,2,5-8,14H2,1H3,(H,15,17). The van der Waals surface area contributed by atoms with Crippen LogP contribution >= 0.6 is 0 Å². The third-order valence-electron chi connectivity index (χ3n) is 3.06. The van der Waals surface area contributed by atoms with E-state index in [2.05, 4.69) is 10.2 Å². The van der Waals surface area contributed by atoms with E-state index in [0.717, 1.165) is 31.8 Å². The average Bonchev–Trinajstić information content (AvgIpc) is 2.66. The number of carbonyl (C=O) groups is 1. The van der Waals surface area contributed by atoms with Crippen molar-refractivity contribution >= 4 is 17.3 Å². The Kier molecular flexibility index (Phi) is 4.04. The van der Waals surface area contributed by atoms with Gasteiger partial charge in [0.2, 0.25) is 0 Å². The van der Waals surface area contributed by atoms with Crippen molar-refractivity contribution in [2.45, 2.75) is 6.42 Å². The van der Waals surface area contributed by atoms with Gasteiger partial charge >= 0.3 is 0 Å². The fourth-order valence-corrected chi connectivity index (χ4v) is 2.12. The van der Waals surface area contributed by atoms with Crippen molar-refractivity contribution in [1.82, 2.24) is 5.32 Å². The van der Waals surface area contributed by atoms with Gasteiger partial charge < -0.3 is 20.7 Å². The Morgan fingerprint density at radius 1 is 1.39 bits per heavy atom. The summed E-state index contributed by atoms with van der Waals surface area (Å²) in [5, 5.41) is 2.66. The second-order valence-corrected chi connectivity index (χ2v) is 4.31. The molecule has 0 radical (unpaired) electrons. The molecule has 18 heavy (non-hydrogen) atoms. The first kappa shape index (κ1) is 12.7. The van der Waals surface area contributed by atoms with Gasteiger partial charge in [-0.15, -0.1) is 0 Å². The molecule has 1 fully saturated rings. The summed E-state index contributed by atoms with van der Waals surface area (Å²) in [6.07, 6.45) is 0.960. The normalized spacial score (nSPS) is 16.2. The van der Waals surface area contributed by atoms with Crippen LogP contribution in [0.25, 0.3) is 0 Å². The summed E-state index contributed by atoms with van der Waals surface area (Å²) in [5.74, 6) is -0.0878. The molecule has 1 aromatic rings. The largest absolute Gasteiger partial charge is 0.399 e. The zero-order chi connectivity index (χ0) is 13.0. The first-order valence-corrected chi connectivity index (χ1v) is 6.16. The minimum absolute atomic E-state index is 0.0878. The quantitative estimate of drug-likeness (QED) is 0.763. The van der Waals surface area contributed by atoms with Gasteiger partial charge in [0.15, 0.2) is 0 Å². The number of hydrogen-bond donors (Lipinski definition) is 2. The molecule has 0 bridgehead atoms. The van der Waals surface area contributed by atoms with E-state index in [9.17, 15) is 4.79 Å². The van der Waals surface area contributed by atoms with Crippen LogP contribution in [0.2, 0.25) is 0 Å². The van der Waals surface area contributed by atoms with Crippen LogP contribution in [0.1, 0.15) is 16.8 Å². The molecule has 5 heteroatoms. The molecule has 3 N–H and O–H groups in total. The number of nitrogens with zero attached hydrogens (tertiary/aromatic N) is 1. The molecule has 0 atom stereocenters. The van der Waals surface area contributed by atoms with Crippen molar-refractivity contribution < 1.29 is 9.53 Å². The molecule has 0 aromatic heterocycles. The number of nitrogens with two attached hydrogens (primary N) is 1. The van der Waals surface area contributed by atoms with Crippen LogP contribution in [0.4, 0.5) is 11.4 Å². The SMILES string of the molecule is CNC(=O)c1ccc(N)cc1N1CCCOCC1. The molecule has 1 amide bonds. The highest BCUT2D eigenvalue weighted by molar-refractivity contribution is 6.00. The number of hydrogen-bond acceptors (Lipinski definition) is 4. The minimum Gasteiger partial charge on any atom is -0.399 e. The molecule has 0 saturated carbocycles. The lowest BCUT2D eigenvalue weighted by molar-refractivity contribution is 0.0963. The Morgan fingerprint density at radius 2 is 2.22 bits per heavy atom. The monoisotopic (exact) mass is 249 g/mol. The van der Waals surface area contributed by atoms with E-state index in [4.69, 9.17) is 10.5 Å². The van der Waals surface area contributed by atoms with Crippen LogP contribution in [0.5, 0.6) is 0 Å². The van der Waals surface area contributed by atoms with E-state index in [1.54, 1.807) is 19.2 Å². The van der Waals surface area contributed by atoms with Gasteiger partial charge in [-0.25, -0.2) is 0 Å². The third kappa shape index (κ3) is 2.73. The summed E-state index contributed by atoms with van der Waals surface area (Å²) < 4.78 is 5.43. The van der Waals surface area contributed by atoms with Gasteiger partial charge in [0.25, 0.3) is 5.91 Å². The number of carbonyl (C=O) groups excluding carboxylic acids is 1. The second-order valence-electron chi connectivity index (χ2n) is 4.31. The first-order valence-electron chi connectivity index (χ1n) is 6.16. The molecule has 1 aromatic carbocycles. The smallest absolute Gasteiger partial charge is 0.253 e. The van der Waals surface area contributed by atoms with Crippen LogP contribution in [-0.4, -0.2) is 39.3 Å². The van der Waals surface area contributed by atoms with E-state index >= 15 is 0 Å². The van der Waals surface area contributed by atoms with Gasteiger partial charge in [-0.1, -0.05) is 0 Å². The van der Waals surface area contributed by atoms with E-state index < -0.39 is 0 Å².